The van der Waals surface area contributed by atoms with Crippen LogP contribution in [0.15, 0.2) is 47.3 Å². The van der Waals surface area contributed by atoms with Crippen LogP contribution in [0.2, 0.25) is 0 Å². The lowest BCUT2D eigenvalue weighted by Gasteiger charge is -2.38. The molecule has 0 aliphatic carbocycles. The Hall–Kier alpha value is -1.95. The third-order valence-electron chi connectivity index (χ3n) is 3.07. The average molecular weight is 334 g/mol. The maximum Gasteiger partial charge on any atom is 0.254 e. The summed E-state index contributed by atoms with van der Waals surface area (Å²) < 4.78 is 6.55. The molecule has 0 bridgehead atoms. The molecule has 0 saturated carbocycles. The minimum atomic E-state index is -0.00742. The zero-order valence-corrected chi connectivity index (χ0v) is 12.2. The lowest BCUT2D eigenvalue weighted by Crippen LogP contribution is -2.56. The summed E-state index contributed by atoms with van der Waals surface area (Å²) in [4.78, 5) is 21.9. The van der Waals surface area contributed by atoms with E-state index in [-0.39, 0.29) is 12.0 Å². The van der Waals surface area contributed by atoms with Gasteiger partial charge in [0, 0.05) is 24.2 Å². The van der Waals surface area contributed by atoms with Gasteiger partial charge in [-0.2, -0.15) is 0 Å². The van der Waals surface area contributed by atoms with E-state index >= 15 is 0 Å². The van der Waals surface area contributed by atoms with Crippen molar-refractivity contribution < 1.29 is 9.53 Å². The van der Waals surface area contributed by atoms with Gasteiger partial charge in [0.2, 0.25) is 5.88 Å². The molecular weight excluding hydrogens is 322 g/mol. The molecular formula is C14H12BrN3O2. The predicted octanol–water partition coefficient (Wildman–Crippen LogP) is 2.14. The SMILES string of the molecule is O=C(c1ccncc1)N1CC(Oc2ncccc2Br)C1. The Morgan fingerprint density at radius 1 is 1.25 bits per heavy atom. The molecule has 5 nitrogen and oxygen atoms in total. The molecule has 1 amide bonds. The fourth-order valence-electron chi connectivity index (χ4n) is 1.97. The van der Waals surface area contributed by atoms with Crippen LogP contribution in [0.1, 0.15) is 10.4 Å². The van der Waals surface area contributed by atoms with E-state index in [1.165, 1.54) is 0 Å². The van der Waals surface area contributed by atoms with Gasteiger partial charge < -0.3 is 9.64 Å². The summed E-state index contributed by atoms with van der Waals surface area (Å²) in [6, 6.07) is 7.13. The standard InChI is InChI=1S/C14H12BrN3O2/c15-12-2-1-5-17-13(12)20-11-8-18(9-11)14(19)10-3-6-16-7-4-10/h1-7,11H,8-9H2. The summed E-state index contributed by atoms with van der Waals surface area (Å²) in [5.41, 5.74) is 0.650. The zero-order chi connectivity index (χ0) is 13.9. The van der Waals surface area contributed by atoms with Crippen LogP contribution in [0.4, 0.5) is 0 Å². The van der Waals surface area contributed by atoms with Crippen LogP contribution in [0.25, 0.3) is 0 Å². The lowest BCUT2D eigenvalue weighted by atomic mass is 10.1. The van der Waals surface area contributed by atoms with Crippen molar-refractivity contribution >= 4 is 21.8 Å². The number of rotatable bonds is 3. The summed E-state index contributed by atoms with van der Waals surface area (Å²) in [6.45, 7) is 1.15. The second-order valence-electron chi connectivity index (χ2n) is 4.48. The number of likely N-dealkylation sites (tertiary alicyclic amines) is 1. The quantitative estimate of drug-likeness (QED) is 0.863. The van der Waals surface area contributed by atoms with Crippen LogP contribution in [0, 0.1) is 0 Å². The van der Waals surface area contributed by atoms with Gasteiger partial charge in [-0.15, -0.1) is 0 Å². The number of aromatic nitrogens is 2. The highest BCUT2D eigenvalue weighted by Gasteiger charge is 2.33. The molecule has 0 aromatic carbocycles. The van der Waals surface area contributed by atoms with Gasteiger partial charge in [-0.05, 0) is 40.2 Å². The molecule has 3 rings (SSSR count). The largest absolute Gasteiger partial charge is 0.470 e. The normalized spacial score (nSPS) is 14.8. The van der Waals surface area contributed by atoms with Crippen LogP contribution >= 0.6 is 15.9 Å². The summed E-state index contributed by atoms with van der Waals surface area (Å²) in [7, 11) is 0. The van der Waals surface area contributed by atoms with Gasteiger partial charge in [0.1, 0.15) is 6.10 Å². The van der Waals surface area contributed by atoms with Crippen molar-refractivity contribution in [3.63, 3.8) is 0 Å². The Labute approximate surface area is 124 Å². The van der Waals surface area contributed by atoms with Gasteiger partial charge in [-0.25, -0.2) is 4.98 Å². The van der Waals surface area contributed by atoms with Gasteiger partial charge in [-0.1, -0.05) is 0 Å². The van der Waals surface area contributed by atoms with Gasteiger partial charge in [0.05, 0.1) is 17.6 Å². The first-order chi connectivity index (χ1) is 9.74. The number of nitrogens with zero attached hydrogens (tertiary/aromatic N) is 3. The van der Waals surface area contributed by atoms with E-state index in [1.807, 2.05) is 12.1 Å². The summed E-state index contributed by atoms with van der Waals surface area (Å²) in [6.07, 6.45) is 4.91. The van der Waals surface area contributed by atoms with Crippen LogP contribution in [0.3, 0.4) is 0 Å². The minimum absolute atomic E-state index is 0.00679. The van der Waals surface area contributed by atoms with E-state index < -0.39 is 0 Å². The van der Waals surface area contributed by atoms with Crippen molar-refractivity contribution in [1.82, 2.24) is 14.9 Å². The smallest absolute Gasteiger partial charge is 0.254 e. The van der Waals surface area contributed by atoms with Crippen LogP contribution in [-0.2, 0) is 0 Å². The van der Waals surface area contributed by atoms with Crippen LogP contribution in [0.5, 0.6) is 5.88 Å². The predicted molar refractivity (Wildman–Crippen MR) is 76.5 cm³/mol. The number of pyridine rings is 2. The van der Waals surface area contributed by atoms with Gasteiger partial charge in [-0.3, -0.25) is 9.78 Å². The molecule has 102 valence electrons. The number of carbonyl (C=O) groups is 1. The van der Waals surface area contributed by atoms with E-state index in [0.717, 1.165) is 4.47 Å². The molecule has 1 aliphatic heterocycles. The maximum atomic E-state index is 12.1. The second-order valence-corrected chi connectivity index (χ2v) is 5.33. The first-order valence-corrected chi connectivity index (χ1v) is 7.00. The Morgan fingerprint density at radius 3 is 2.70 bits per heavy atom. The van der Waals surface area contributed by atoms with Crippen molar-refractivity contribution in [2.45, 2.75) is 6.10 Å². The monoisotopic (exact) mass is 333 g/mol. The number of amides is 1. The van der Waals surface area contributed by atoms with Crippen molar-refractivity contribution in [3.8, 4) is 5.88 Å². The highest BCUT2D eigenvalue weighted by Crippen LogP contribution is 2.24. The van der Waals surface area contributed by atoms with E-state index in [4.69, 9.17) is 4.74 Å². The van der Waals surface area contributed by atoms with Crippen molar-refractivity contribution in [2.24, 2.45) is 0 Å². The summed E-state index contributed by atoms with van der Waals surface area (Å²) in [5, 5.41) is 0. The number of halogens is 1. The third-order valence-corrected chi connectivity index (χ3v) is 3.67. The Kier molecular flexibility index (Phi) is 3.64. The molecule has 1 aliphatic rings. The molecule has 0 atom stereocenters. The van der Waals surface area contributed by atoms with Crippen molar-refractivity contribution in [2.75, 3.05) is 13.1 Å². The first kappa shape index (κ1) is 13.1. The summed E-state index contributed by atoms with van der Waals surface area (Å²) >= 11 is 3.38. The number of ether oxygens (including phenoxy) is 1. The summed E-state index contributed by atoms with van der Waals surface area (Å²) in [5.74, 6) is 0.570. The van der Waals surface area contributed by atoms with Gasteiger partial charge in [0.25, 0.3) is 5.91 Å². The third kappa shape index (κ3) is 2.65. The molecule has 6 heteroatoms. The highest BCUT2D eigenvalue weighted by atomic mass is 79.9. The molecule has 0 N–H and O–H groups in total. The molecule has 1 saturated heterocycles. The molecule has 0 spiro atoms. The van der Waals surface area contributed by atoms with Crippen molar-refractivity contribution in [1.29, 1.82) is 0 Å². The molecule has 1 fully saturated rings. The Balaban J connectivity index is 1.57. The van der Waals surface area contributed by atoms with E-state index in [1.54, 1.807) is 35.6 Å². The topological polar surface area (TPSA) is 55.3 Å². The molecule has 0 radical (unpaired) electrons. The number of carbonyl (C=O) groups excluding carboxylic acids is 1. The number of hydrogen-bond acceptors (Lipinski definition) is 4. The fraction of sp³-hybridized carbons (Fsp3) is 0.214. The molecule has 3 heterocycles. The van der Waals surface area contributed by atoms with Crippen LogP contribution < -0.4 is 4.74 Å². The lowest BCUT2D eigenvalue weighted by molar-refractivity contribution is 0.0157. The molecule has 0 unspecified atom stereocenters. The zero-order valence-electron chi connectivity index (χ0n) is 10.6. The van der Waals surface area contributed by atoms with Crippen LogP contribution in [-0.4, -0.2) is 40.0 Å². The Morgan fingerprint density at radius 2 is 2.00 bits per heavy atom. The van der Waals surface area contributed by atoms with Gasteiger partial charge in [0.15, 0.2) is 0 Å². The van der Waals surface area contributed by atoms with E-state index in [2.05, 4.69) is 25.9 Å². The number of hydrogen-bond donors (Lipinski definition) is 0. The first-order valence-electron chi connectivity index (χ1n) is 6.20. The molecule has 2 aromatic rings. The minimum Gasteiger partial charge on any atom is -0.470 e. The maximum absolute atomic E-state index is 12.1. The Bertz CT molecular complexity index is 615. The van der Waals surface area contributed by atoms with Crippen molar-refractivity contribution in [3.05, 3.63) is 52.9 Å². The highest BCUT2D eigenvalue weighted by molar-refractivity contribution is 9.10. The van der Waals surface area contributed by atoms with E-state index in [9.17, 15) is 4.79 Å². The fourth-order valence-corrected chi connectivity index (χ4v) is 2.32. The molecule has 2 aromatic heterocycles. The van der Waals surface area contributed by atoms with E-state index in [0.29, 0.717) is 24.5 Å². The average Bonchev–Trinajstić information content (AvgIpc) is 2.44. The van der Waals surface area contributed by atoms with Gasteiger partial charge >= 0.3 is 0 Å². The molecule has 20 heavy (non-hydrogen) atoms. The second kappa shape index (κ2) is 5.58.